The molecule has 0 bridgehead atoms. The van der Waals surface area contributed by atoms with E-state index in [2.05, 4.69) is 16.0 Å². The minimum atomic E-state index is -1.19. The molecule has 4 N–H and O–H groups in total. The van der Waals surface area contributed by atoms with Gasteiger partial charge in [0.05, 0.1) is 12.6 Å². The monoisotopic (exact) mass is 568 g/mol. The summed E-state index contributed by atoms with van der Waals surface area (Å²) in [6.45, 7) is 5.27. The molecule has 1 saturated heterocycles. The molecule has 4 rings (SSSR count). The second-order valence-electron chi connectivity index (χ2n) is 11.8. The maximum Gasteiger partial charge on any atom is 0.326 e. The van der Waals surface area contributed by atoms with Gasteiger partial charge in [-0.05, 0) is 57.1 Å². The zero-order valence-electron chi connectivity index (χ0n) is 23.9. The molecule has 41 heavy (non-hydrogen) atoms. The molecular formula is C30H40N4O7. The van der Waals surface area contributed by atoms with Gasteiger partial charge in [-0.1, -0.05) is 51.3 Å². The summed E-state index contributed by atoms with van der Waals surface area (Å²) in [5.41, 5.74) is -0.611. The Morgan fingerprint density at radius 1 is 1.10 bits per heavy atom. The van der Waals surface area contributed by atoms with Crippen LogP contribution in [0, 0.1) is 5.92 Å². The fraction of sp³-hybridized carbons (Fsp3) is 0.567. The molecule has 2 heterocycles. The van der Waals surface area contributed by atoms with Crippen molar-refractivity contribution in [3.63, 3.8) is 0 Å². The third-order valence-corrected chi connectivity index (χ3v) is 8.13. The molecule has 0 unspecified atom stereocenters. The highest BCUT2D eigenvalue weighted by Gasteiger charge is 2.43. The number of hydrogen-bond donors (Lipinski definition) is 4. The number of carbonyl (C=O) groups is 5. The standard InChI is InChI=1S/C30H40N4O7/c1-18(2)15-22(27(37)38)32-29(40)34-17-23(35)21(12-11-19(34)3)31-28(39)30(13-7-4-8-14-30)33-26(36)25-16-20-9-5-6-10-24(20)41-25/h5-6,9-10,16,18-19,21-22H,4,7-8,11-15,17H2,1-3H3,(H,31,39)(H,32,40)(H,33,36)(H,37,38)/t19-,21+,22+/m1/s1. The number of aliphatic carboxylic acids is 1. The summed E-state index contributed by atoms with van der Waals surface area (Å²) in [5, 5.41) is 18.7. The first kappa shape index (κ1) is 30.1. The maximum atomic E-state index is 13.7. The fourth-order valence-corrected chi connectivity index (χ4v) is 5.74. The van der Waals surface area contributed by atoms with E-state index in [0.29, 0.717) is 31.3 Å². The lowest BCUT2D eigenvalue weighted by atomic mass is 9.80. The van der Waals surface area contributed by atoms with Crippen LogP contribution in [0.5, 0.6) is 0 Å². The number of carbonyl (C=O) groups excluding carboxylic acids is 4. The molecule has 2 fully saturated rings. The zero-order valence-corrected chi connectivity index (χ0v) is 23.9. The number of rotatable bonds is 8. The van der Waals surface area contributed by atoms with Gasteiger partial charge < -0.3 is 30.4 Å². The average Bonchev–Trinajstić information content (AvgIpc) is 3.32. The van der Waals surface area contributed by atoms with Crippen molar-refractivity contribution in [2.75, 3.05) is 6.54 Å². The molecule has 11 heteroatoms. The molecule has 11 nitrogen and oxygen atoms in total. The van der Waals surface area contributed by atoms with Gasteiger partial charge in [-0.3, -0.25) is 14.4 Å². The number of Topliss-reactive ketones (excluding diaryl/α,β-unsaturated/α-hetero) is 1. The van der Waals surface area contributed by atoms with Crippen LogP contribution in [0.2, 0.25) is 0 Å². The minimum Gasteiger partial charge on any atom is -0.480 e. The number of hydrogen-bond acceptors (Lipinski definition) is 6. The number of urea groups is 1. The molecule has 4 amide bonds. The molecule has 1 aromatic carbocycles. The predicted octanol–water partition coefficient (Wildman–Crippen LogP) is 3.61. The number of carboxylic acid groups (broad SMARTS) is 1. The Kier molecular flexibility index (Phi) is 9.35. The van der Waals surface area contributed by atoms with Gasteiger partial charge in [0.25, 0.3) is 5.91 Å². The summed E-state index contributed by atoms with van der Waals surface area (Å²) < 4.78 is 5.71. The summed E-state index contributed by atoms with van der Waals surface area (Å²) in [4.78, 5) is 66.2. The van der Waals surface area contributed by atoms with Gasteiger partial charge in [0.15, 0.2) is 11.5 Å². The third-order valence-electron chi connectivity index (χ3n) is 8.13. The molecule has 3 atom stereocenters. The molecule has 2 aromatic rings. The Balaban J connectivity index is 1.45. The van der Waals surface area contributed by atoms with Crippen molar-refractivity contribution in [1.29, 1.82) is 0 Å². The largest absolute Gasteiger partial charge is 0.480 e. The molecule has 2 aliphatic rings. The van der Waals surface area contributed by atoms with E-state index in [1.807, 2.05) is 32.0 Å². The van der Waals surface area contributed by atoms with Gasteiger partial charge >= 0.3 is 12.0 Å². The summed E-state index contributed by atoms with van der Waals surface area (Å²) in [6, 6.07) is 6.05. The van der Waals surface area contributed by atoms with E-state index in [0.717, 1.165) is 24.6 Å². The second kappa shape index (κ2) is 12.7. The van der Waals surface area contributed by atoms with Crippen LogP contribution >= 0.6 is 0 Å². The highest BCUT2D eigenvalue weighted by atomic mass is 16.4. The number of fused-ring (bicyclic) bond motifs is 1. The first-order chi connectivity index (χ1) is 19.5. The number of nitrogens with zero attached hydrogens (tertiary/aromatic N) is 1. The number of furan rings is 1. The zero-order chi connectivity index (χ0) is 29.7. The Labute approximate surface area is 239 Å². The van der Waals surface area contributed by atoms with Crippen molar-refractivity contribution in [2.45, 2.75) is 95.8 Å². The molecule has 0 radical (unpaired) electrons. The van der Waals surface area contributed by atoms with Crippen LogP contribution in [0.25, 0.3) is 11.0 Å². The van der Waals surface area contributed by atoms with Crippen LogP contribution in [0.3, 0.4) is 0 Å². The van der Waals surface area contributed by atoms with Crippen LogP contribution in [0.1, 0.15) is 82.7 Å². The van der Waals surface area contributed by atoms with E-state index in [1.54, 1.807) is 19.1 Å². The second-order valence-corrected chi connectivity index (χ2v) is 11.8. The van der Waals surface area contributed by atoms with Crippen molar-refractivity contribution >= 4 is 40.6 Å². The van der Waals surface area contributed by atoms with Gasteiger partial charge in [0.2, 0.25) is 5.91 Å². The number of nitrogens with one attached hydrogen (secondary N) is 3. The Morgan fingerprint density at radius 3 is 2.46 bits per heavy atom. The van der Waals surface area contributed by atoms with Gasteiger partial charge in [0, 0.05) is 11.4 Å². The highest BCUT2D eigenvalue weighted by Crippen LogP contribution is 2.30. The average molecular weight is 569 g/mol. The number of benzene rings is 1. The molecule has 1 aromatic heterocycles. The van der Waals surface area contributed by atoms with Crippen LogP contribution in [0.4, 0.5) is 4.79 Å². The van der Waals surface area contributed by atoms with Crippen molar-refractivity contribution in [3.05, 3.63) is 36.1 Å². The summed E-state index contributed by atoms with van der Waals surface area (Å²) >= 11 is 0. The van der Waals surface area contributed by atoms with Gasteiger partial charge in [0.1, 0.15) is 17.2 Å². The van der Waals surface area contributed by atoms with E-state index < -0.39 is 41.4 Å². The van der Waals surface area contributed by atoms with Crippen molar-refractivity contribution in [1.82, 2.24) is 20.9 Å². The number of likely N-dealkylation sites (tertiary alicyclic amines) is 1. The first-order valence-corrected chi connectivity index (χ1v) is 14.4. The van der Waals surface area contributed by atoms with Crippen LogP contribution in [0.15, 0.2) is 34.7 Å². The van der Waals surface area contributed by atoms with Crippen LogP contribution < -0.4 is 16.0 Å². The first-order valence-electron chi connectivity index (χ1n) is 14.4. The lowest BCUT2D eigenvalue weighted by molar-refractivity contribution is -0.139. The summed E-state index contributed by atoms with van der Waals surface area (Å²) in [7, 11) is 0. The topological polar surface area (TPSA) is 158 Å². The summed E-state index contributed by atoms with van der Waals surface area (Å²) in [5.74, 6) is -2.22. The molecule has 1 aliphatic carbocycles. The summed E-state index contributed by atoms with van der Waals surface area (Å²) in [6.07, 6.45) is 4.32. The fourth-order valence-electron chi connectivity index (χ4n) is 5.74. The third kappa shape index (κ3) is 7.07. The maximum absolute atomic E-state index is 13.7. The van der Waals surface area contributed by atoms with Gasteiger partial charge in [-0.25, -0.2) is 9.59 Å². The van der Waals surface area contributed by atoms with E-state index in [1.165, 1.54) is 4.90 Å². The van der Waals surface area contributed by atoms with E-state index in [4.69, 9.17) is 4.42 Å². The minimum absolute atomic E-state index is 0.0543. The number of para-hydroxylation sites is 1. The van der Waals surface area contributed by atoms with Crippen molar-refractivity contribution in [2.24, 2.45) is 5.92 Å². The highest BCUT2D eigenvalue weighted by molar-refractivity contribution is 6.01. The Hall–Kier alpha value is -3.89. The molecule has 1 aliphatic heterocycles. The number of amides is 4. The van der Waals surface area contributed by atoms with Crippen LogP contribution in [-0.4, -0.2) is 69.8 Å². The quantitative estimate of drug-likeness (QED) is 0.379. The normalized spacial score (nSPS) is 21.7. The van der Waals surface area contributed by atoms with E-state index in [9.17, 15) is 29.1 Å². The van der Waals surface area contributed by atoms with Crippen molar-refractivity contribution < 1.29 is 33.5 Å². The smallest absolute Gasteiger partial charge is 0.326 e. The SMILES string of the molecule is CC(C)C[C@H](NC(=O)N1CC(=O)[C@@H](NC(=O)C2(NC(=O)c3cc4ccccc4o3)CCCCC2)CC[C@H]1C)C(=O)O. The van der Waals surface area contributed by atoms with Crippen molar-refractivity contribution in [3.8, 4) is 0 Å². The lowest BCUT2D eigenvalue weighted by Crippen LogP contribution is -2.62. The Morgan fingerprint density at radius 2 is 1.80 bits per heavy atom. The lowest BCUT2D eigenvalue weighted by Gasteiger charge is -2.37. The van der Waals surface area contributed by atoms with E-state index >= 15 is 0 Å². The van der Waals surface area contributed by atoms with E-state index in [-0.39, 0.29) is 36.5 Å². The molecule has 222 valence electrons. The molecular weight excluding hydrogens is 528 g/mol. The number of ketones is 1. The predicted molar refractivity (Wildman–Crippen MR) is 151 cm³/mol. The van der Waals surface area contributed by atoms with Gasteiger partial charge in [-0.2, -0.15) is 0 Å². The van der Waals surface area contributed by atoms with Gasteiger partial charge in [-0.15, -0.1) is 0 Å². The number of carboxylic acids is 1. The molecule has 0 spiro atoms. The Bertz CT molecular complexity index is 1260. The van der Waals surface area contributed by atoms with Crippen LogP contribution in [-0.2, 0) is 14.4 Å². The molecule has 1 saturated carbocycles.